The molecule has 160 valence electrons. The maximum Gasteiger partial charge on any atom is 0.416 e. The van der Waals surface area contributed by atoms with E-state index in [0.29, 0.717) is 0 Å². The highest BCUT2D eigenvalue weighted by Gasteiger charge is 2.48. The highest BCUT2D eigenvalue weighted by atomic mass is 127. The van der Waals surface area contributed by atoms with E-state index in [1.807, 2.05) is 55.5 Å². The summed E-state index contributed by atoms with van der Waals surface area (Å²) in [7, 11) is 0. The third-order valence-electron chi connectivity index (χ3n) is 5.88. The zero-order valence-electron chi connectivity index (χ0n) is 16.7. The zero-order chi connectivity index (χ0) is 22.7. The average Bonchev–Trinajstić information content (AvgIpc) is 3.03. The van der Waals surface area contributed by atoms with Gasteiger partial charge in [-0.15, -0.1) is 0 Å². The number of nitrogens with zero attached hydrogens (tertiary/aromatic N) is 2. The second-order valence-corrected chi connectivity index (χ2v) is 9.96. The molecule has 2 aromatic heterocycles. The molecule has 0 bridgehead atoms. The Morgan fingerprint density at radius 1 is 0.656 bits per heavy atom. The average molecular weight is 654 g/mol. The Morgan fingerprint density at radius 3 is 1.53 bits per heavy atom. The third-order valence-corrected chi connectivity index (χ3v) is 7.09. The van der Waals surface area contributed by atoms with E-state index in [1.165, 1.54) is 0 Å². The van der Waals surface area contributed by atoms with E-state index >= 15 is 0 Å². The number of fused-ring (bicyclic) bond motifs is 3. The summed E-state index contributed by atoms with van der Waals surface area (Å²) in [6, 6.07) is 21.5. The molecule has 0 atom stereocenters. The van der Waals surface area contributed by atoms with Crippen molar-refractivity contribution >= 4 is 45.2 Å². The fraction of sp³-hybridized carbons (Fsp3) is 0.120. The highest BCUT2D eigenvalue weighted by molar-refractivity contribution is 14.1. The van der Waals surface area contributed by atoms with Crippen molar-refractivity contribution in [3.05, 3.63) is 114 Å². The zero-order valence-corrected chi connectivity index (χ0v) is 21.0. The van der Waals surface area contributed by atoms with Crippen LogP contribution >= 0.6 is 45.2 Å². The van der Waals surface area contributed by atoms with Crippen molar-refractivity contribution in [2.24, 2.45) is 0 Å². The largest absolute Gasteiger partial charge is 0.416 e. The lowest BCUT2D eigenvalue weighted by molar-refractivity contribution is -0.137. The molecule has 0 saturated heterocycles. The smallest absolute Gasteiger partial charge is 0.240 e. The van der Waals surface area contributed by atoms with Gasteiger partial charge in [0.1, 0.15) is 7.40 Å². The molecular formula is C25H15F3I2N2. The summed E-state index contributed by atoms with van der Waals surface area (Å²) in [5.41, 5.74) is 4.73. The predicted octanol–water partition coefficient (Wildman–Crippen LogP) is 7.38. The number of alkyl halides is 3. The van der Waals surface area contributed by atoms with E-state index < -0.39 is 17.2 Å². The van der Waals surface area contributed by atoms with Crippen LogP contribution in [-0.4, -0.2) is 9.97 Å². The van der Waals surface area contributed by atoms with Gasteiger partial charge in [0.2, 0.25) is 0 Å². The van der Waals surface area contributed by atoms with Gasteiger partial charge in [-0.2, -0.15) is 13.2 Å². The van der Waals surface area contributed by atoms with Gasteiger partial charge in [-0.05, 0) is 98.6 Å². The summed E-state index contributed by atoms with van der Waals surface area (Å²) in [6.07, 6.45) is -4.39. The van der Waals surface area contributed by atoms with Gasteiger partial charge in [-0.3, -0.25) is 0 Å². The number of hydrogen-bond acceptors (Lipinski definition) is 2. The minimum Gasteiger partial charge on any atom is -0.240 e. The van der Waals surface area contributed by atoms with Gasteiger partial charge in [0.25, 0.3) is 0 Å². The number of hydrogen-bond donors (Lipinski definition) is 0. The predicted molar refractivity (Wildman–Crippen MR) is 135 cm³/mol. The Kier molecular flexibility index (Phi) is 5.31. The van der Waals surface area contributed by atoms with Gasteiger partial charge in [0, 0.05) is 0 Å². The van der Waals surface area contributed by atoms with Crippen LogP contribution < -0.4 is 0 Å². The molecule has 0 N–H and O–H groups in total. The molecule has 5 rings (SSSR count). The van der Waals surface area contributed by atoms with Crippen LogP contribution in [-0.2, 0) is 11.6 Å². The summed E-state index contributed by atoms with van der Waals surface area (Å²) in [5, 5.41) is 0. The Balaban J connectivity index is 1.89. The minimum atomic E-state index is -4.39. The Labute approximate surface area is 210 Å². The molecule has 2 aromatic carbocycles. The molecule has 0 fully saturated rings. The molecule has 0 unspecified atom stereocenters. The number of pyridine rings is 2. The van der Waals surface area contributed by atoms with Crippen LogP contribution in [0.5, 0.6) is 0 Å². The maximum atomic E-state index is 13.3. The molecular weight excluding hydrogens is 639 g/mol. The van der Waals surface area contributed by atoms with Crippen LogP contribution in [0.15, 0.2) is 72.8 Å². The van der Waals surface area contributed by atoms with Gasteiger partial charge in [-0.1, -0.05) is 54.1 Å². The number of aromatic nitrogens is 2. The second kappa shape index (κ2) is 7.79. The van der Waals surface area contributed by atoms with E-state index in [4.69, 9.17) is 9.97 Å². The molecule has 32 heavy (non-hydrogen) atoms. The van der Waals surface area contributed by atoms with Crippen molar-refractivity contribution in [3.8, 4) is 11.4 Å². The lowest BCUT2D eigenvalue weighted by atomic mass is 9.68. The molecule has 0 amide bonds. The van der Waals surface area contributed by atoms with Crippen LogP contribution in [0.4, 0.5) is 13.2 Å². The fourth-order valence-electron chi connectivity index (χ4n) is 4.48. The van der Waals surface area contributed by atoms with Gasteiger partial charge < -0.3 is 0 Å². The number of halogens is 5. The first-order valence-corrected chi connectivity index (χ1v) is 12.0. The molecule has 2 nitrogen and oxygen atoms in total. The van der Waals surface area contributed by atoms with Crippen molar-refractivity contribution in [2.75, 3.05) is 0 Å². The van der Waals surface area contributed by atoms with Crippen molar-refractivity contribution in [2.45, 2.75) is 18.5 Å². The van der Waals surface area contributed by atoms with Crippen molar-refractivity contribution in [1.82, 2.24) is 9.97 Å². The van der Waals surface area contributed by atoms with Crippen molar-refractivity contribution in [3.63, 3.8) is 0 Å². The normalized spacial score (nSPS) is 14.2. The molecule has 0 radical (unpaired) electrons. The molecule has 1 aliphatic carbocycles. The van der Waals surface area contributed by atoms with Crippen LogP contribution in [0, 0.1) is 14.3 Å². The summed E-state index contributed by atoms with van der Waals surface area (Å²) < 4.78 is 41.6. The Bertz CT molecular complexity index is 1280. The van der Waals surface area contributed by atoms with E-state index in [1.54, 1.807) is 12.1 Å². The van der Waals surface area contributed by atoms with Gasteiger partial charge in [0.05, 0.1) is 22.4 Å². The monoisotopic (exact) mass is 654 g/mol. The second-order valence-electron chi connectivity index (χ2n) is 7.75. The highest BCUT2D eigenvalue weighted by Crippen LogP contribution is 2.55. The summed E-state index contributed by atoms with van der Waals surface area (Å²) in [6.45, 7) is 2.01. The van der Waals surface area contributed by atoms with Crippen molar-refractivity contribution in [1.29, 1.82) is 0 Å². The maximum absolute atomic E-state index is 13.3. The quantitative estimate of drug-likeness (QED) is 0.147. The van der Waals surface area contributed by atoms with Crippen LogP contribution in [0.3, 0.4) is 0 Å². The first kappa shape index (κ1) is 21.8. The minimum absolute atomic E-state index is 0.666. The van der Waals surface area contributed by atoms with Crippen LogP contribution in [0.2, 0.25) is 0 Å². The molecule has 1 aliphatic rings. The molecule has 0 aliphatic heterocycles. The number of benzene rings is 2. The Morgan fingerprint density at radius 2 is 1.09 bits per heavy atom. The van der Waals surface area contributed by atoms with Gasteiger partial charge in [0.15, 0.2) is 0 Å². The first-order chi connectivity index (χ1) is 15.2. The topological polar surface area (TPSA) is 25.8 Å². The van der Waals surface area contributed by atoms with E-state index in [-0.39, 0.29) is 0 Å². The molecule has 4 aromatic rings. The summed E-state index contributed by atoms with van der Waals surface area (Å²) >= 11 is 4.35. The van der Waals surface area contributed by atoms with Gasteiger partial charge in [-0.25, -0.2) is 9.97 Å². The number of rotatable bonds is 2. The SMILES string of the molecule is Cc1ccc(C2(c3ccc(C(F)(F)F)cc3)c3ccc(I)nc3-c3nc(I)ccc32)cc1. The third kappa shape index (κ3) is 3.35. The van der Waals surface area contributed by atoms with Crippen molar-refractivity contribution < 1.29 is 13.2 Å². The van der Waals surface area contributed by atoms with Crippen LogP contribution in [0.1, 0.15) is 33.4 Å². The fourth-order valence-corrected chi connectivity index (χ4v) is 5.33. The first-order valence-electron chi connectivity index (χ1n) is 9.80. The number of aryl methyl sites for hydroxylation is 1. The molecule has 0 spiro atoms. The molecule has 7 heteroatoms. The van der Waals surface area contributed by atoms with E-state index in [2.05, 4.69) is 45.2 Å². The lowest BCUT2D eigenvalue weighted by Gasteiger charge is -2.33. The van der Waals surface area contributed by atoms with E-state index in [9.17, 15) is 13.2 Å². The molecule has 0 saturated carbocycles. The van der Waals surface area contributed by atoms with E-state index in [0.717, 1.165) is 58.7 Å². The van der Waals surface area contributed by atoms with Gasteiger partial charge >= 0.3 is 6.18 Å². The lowest BCUT2D eigenvalue weighted by Crippen LogP contribution is -2.29. The molecule has 2 heterocycles. The summed E-state index contributed by atoms with van der Waals surface area (Å²) in [5.74, 6) is 0. The van der Waals surface area contributed by atoms with Crippen LogP contribution in [0.25, 0.3) is 11.4 Å². The summed E-state index contributed by atoms with van der Waals surface area (Å²) in [4.78, 5) is 9.60. The Hall–Kier alpha value is -2.01. The standard InChI is InChI=1S/C25H15F3I2N2/c1-14-2-4-15(5-3-14)24(16-6-8-17(9-7-16)25(26,27)28)18-10-12-20(29)31-22(18)23-19(24)11-13-21(30)32-23/h2-13H,1H3.